The zero-order chi connectivity index (χ0) is 16.8. The van der Waals surface area contributed by atoms with Crippen LogP contribution in [0, 0.1) is 0 Å². The molecule has 0 fully saturated rings. The van der Waals surface area contributed by atoms with E-state index in [0.29, 0.717) is 17.2 Å². The van der Waals surface area contributed by atoms with Crippen molar-refractivity contribution in [1.82, 2.24) is 0 Å². The van der Waals surface area contributed by atoms with E-state index in [0.717, 1.165) is 22.6 Å². The normalized spacial score (nSPS) is 11.8. The van der Waals surface area contributed by atoms with Gasteiger partial charge < -0.3 is 10.1 Å². The number of carbonyl (C=O) groups is 1. The molecule has 2 aromatic carbocycles. The monoisotopic (exact) mass is 329 g/mol. The van der Waals surface area contributed by atoms with E-state index in [1.165, 1.54) is 0 Å². The van der Waals surface area contributed by atoms with Crippen LogP contribution in [0.5, 0.6) is 5.75 Å². The Morgan fingerprint density at radius 1 is 1.26 bits per heavy atom. The molecule has 0 spiro atoms. The van der Waals surface area contributed by atoms with Gasteiger partial charge in [0.15, 0.2) is 0 Å². The quantitative estimate of drug-likeness (QED) is 0.742. The summed E-state index contributed by atoms with van der Waals surface area (Å²) in [6.45, 7) is 4.31. The molecule has 4 heteroatoms. The Hall–Kier alpha value is -1.94. The van der Waals surface area contributed by atoms with Gasteiger partial charge in [-0.25, -0.2) is 0 Å². The summed E-state index contributed by atoms with van der Waals surface area (Å²) in [5.74, 6) is 0.841. The number of thioether (sulfide) groups is 1. The summed E-state index contributed by atoms with van der Waals surface area (Å²) in [5.41, 5.74) is 2.56. The van der Waals surface area contributed by atoms with Crippen LogP contribution in [0.2, 0.25) is 0 Å². The van der Waals surface area contributed by atoms with Gasteiger partial charge in [-0.05, 0) is 48.4 Å². The van der Waals surface area contributed by atoms with Crippen LogP contribution in [0.3, 0.4) is 0 Å². The maximum absolute atomic E-state index is 12.7. The molecule has 0 aromatic heterocycles. The van der Waals surface area contributed by atoms with Crippen molar-refractivity contribution >= 4 is 23.4 Å². The summed E-state index contributed by atoms with van der Waals surface area (Å²) in [7, 11) is 1.59. The molecule has 2 aromatic rings. The van der Waals surface area contributed by atoms with Crippen molar-refractivity contribution in [2.75, 3.05) is 18.7 Å². The first-order chi connectivity index (χ1) is 11.1. The number of para-hydroxylation sites is 1. The van der Waals surface area contributed by atoms with Crippen LogP contribution < -0.4 is 10.1 Å². The first-order valence-corrected chi connectivity index (χ1v) is 8.95. The van der Waals surface area contributed by atoms with Gasteiger partial charge in [-0.2, -0.15) is 0 Å². The fraction of sp³-hybridized carbons (Fsp3) is 0.316. The summed E-state index contributed by atoms with van der Waals surface area (Å²) in [4.78, 5) is 13.7. The molecule has 0 radical (unpaired) electrons. The minimum atomic E-state index is -0.148. The van der Waals surface area contributed by atoms with Gasteiger partial charge in [0.25, 0.3) is 5.91 Å². The molecule has 3 nitrogen and oxygen atoms in total. The van der Waals surface area contributed by atoms with E-state index in [1.54, 1.807) is 18.9 Å². The molecule has 1 atom stereocenters. The largest absolute Gasteiger partial charge is 0.496 e. The highest BCUT2D eigenvalue weighted by Crippen LogP contribution is 2.29. The molecule has 0 bridgehead atoms. The third-order valence-electron chi connectivity index (χ3n) is 4.01. The molecule has 122 valence electrons. The van der Waals surface area contributed by atoms with Crippen LogP contribution in [0.15, 0.2) is 47.4 Å². The van der Waals surface area contributed by atoms with Crippen LogP contribution in [0.1, 0.15) is 42.1 Å². The lowest BCUT2D eigenvalue weighted by Gasteiger charge is -2.16. The fourth-order valence-electron chi connectivity index (χ4n) is 2.44. The van der Waals surface area contributed by atoms with E-state index in [-0.39, 0.29) is 5.91 Å². The molecule has 23 heavy (non-hydrogen) atoms. The minimum absolute atomic E-state index is 0.148. The van der Waals surface area contributed by atoms with E-state index in [4.69, 9.17) is 4.74 Å². The molecule has 0 aliphatic heterocycles. The van der Waals surface area contributed by atoms with Gasteiger partial charge in [-0.1, -0.05) is 32.0 Å². The highest BCUT2D eigenvalue weighted by atomic mass is 32.2. The standard InChI is InChI=1S/C19H23NO2S/c1-5-13(2)15-8-6-7-9-17(15)20-19(21)16-11-10-14(23-4)12-18(16)22-3/h6-13H,5H2,1-4H3,(H,20,21)/t13-/m0/s1. The summed E-state index contributed by atoms with van der Waals surface area (Å²) in [6.07, 6.45) is 3.02. The van der Waals surface area contributed by atoms with Crippen molar-refractivity contribution in [3.63, 3.8) is 0 Å². The van der Waals surface area contributed by atoms with Gasteiger partial charge in [0.1, 0.15) is 5.75 Å². The second-order valence-corrected chi connectivity index (χ2v) is 6.30. The van der Waals surface area contributed by atoms with Gasteiger partial charge in [0.05, 0.1) is 12.7 Å². The lowest BCUT2D eigenvalue weighted by Crippen LogP contribution is -2.15. The number of ether oxygens (including phenoxy) is 1. The Morgan fingerprint density at radius 2 is 2.00 bits per heavy atom. The number of amides is 1. The van der Waals surface area contributed by atoms with Crippen molar-refractivity contribution in [1.29, 1.82) is 0 Å². The number of carbonyl (C=O) groups excluding carboxylic acids is 1. The topological polar surface area (TPSA) is 38.3 Å². The van der Waals surface area contributed by atoms with Crippen LogP contribution in [0.25, 0.3) is 0 Å². The number of nitrogens with one attached hydrogen (secondary N) is 1. The van der Waals surface area contributed by atoms with E-state index in [2.05, 4.69) is 25.2 Å². The average molecular weight is 329 g/mol. The molecule has 0 aliphatic rings. The first kappa shape index (κ1) is 17.4. The SMILES string of the molecule is CC[C@H](C)c1ccccc1NC(=O)c1ccc(SC)cc1OC. The molecule has 0 saturated heterocycles. The second-order valence-electron chi connectivity index (χ2n) is 5.42. The molecule has 0 saturated carbocycles. The lowest BCUT2D eigenvalue weighted by molar-refractivity contribution is 0.102. The highest BCUT2D eigenvalue weighted by Gasteiger charge is 2.16. The molecule has 0 aliphatic carbocycles. The van der Waals surface area contributed by atoms with E-state index in [9.17, 15) is 4.79 Å². The Balaban J connectivity index is 2.30. The minimum Gasteiger partial charge on any atom is -0.496 e. The summed E-state index contributed by atoms with van der Waals surface area (Å²) >= 11 is 1.62. The molecular weight excluding hydrogens is 306 g/mol. The number of rotatable bonds is 6. The summed E-state index contributed by atoms with van der Waals surface area (Å²) in [5, 5.41) is 3.03. The zero-order valence-corrected chi connectivity index (χ0v) is 14.9. The van der Waals surface area contributed by atoms with Crippen molar-refractivity contribution in [2.45, 2.75) is 31.1 Å². The van der Waals surface area contributed by atoms with E-state index in [1.807, 2.05) is 42.7 Å². The third-order valence-corrected chi connectivity index (χ3v) is 4.73. The molecule has 2 rings (SSSR count). The van der Waals surface area contributed by atoms with Crippen molar-refractivity contribution in [3.8, 4) is 5.75 Å². The first-order valence-electron chi connectivity index (χ1n) is 7.73. The van der Waals surface area contributed by atoms with Crippen molar-refractivity contribution in [2.24, 2.45) is 0 Å². The smallest absolute Gasteiger partial charge is 0.259 e. The second kappa shape index (κ2) is 8.06. The highest BCUT2D eigenvalue weighted by molar-refractivity contribution is 7.98. The van der Waals surface area contributed by atoms with E-state index >= 15 is 0 Å². The van der Waals surface area contributed by atoms with Gasteiger partial charge in [-0.3, -0.25) is 4.79 Å². The number of benzene rings is 2. The number of hydrogen-bond donors (Lipinski definition) is 1. The predicted octanol–water partition coefficient (Wildman–Crippen LogP) is 5.18. The number of anilines is 1. The zero-order valence-electron chi connectivity index (χ0n) is 14.1. The lowest BCUT2D eigenvalue weighted by atomic mass is 9.96. The summed E-state index contributed by atoms with van der Waals surface area (Å²) in [6, 6.07) is 13.6. The molecule has 1 amide bonds. The Kier molecular flexibility index (Phi) is 6.11. The average Bonchev–Trinajstić information content (AvgIpc) is 2.60. The van der Waals surface area contributed by atoms with Crippen LogP contribution in [-0.4, -0.2) is 19.3 Å². The molecule has 0 unspecified atom stereocenters. The molecule has 1 N–H and O–H groups in total. The Labute approximate surface area is 142 Å². The summed E-state index contributed by atoms with van der Waals surface area (Å²) < 4.78 is 5.37. The number of methoxy groups -OCH3 is 1. The fourth-order valence-corrected chi connectivity index (χ4v) is 2.87. The maximum atomic E-state index is 12.7. The van der Waals surface area contributed by atoms with Crippen molar-refractivity contribution < 1.29 is 9.53 Å². The predicted molar refractivity (Wildman–Crippen MR) is 97.9 cm³/mol. The van der Waals surface area contributed by atoms with Gasteiger partial charge in [-0.15, -0.1) is 11.8 Å². The number of hydrogen-bond acceptors (Lipinski definition) is 3. The third kappa shape index (κ3) is 4.08. The van der Waals surface area contributed by atoms with Gasteiger partial charge in [0.2, 0.25) is 0 Å². The molecule has 0 heterocycles. The van der Waals surface area contributed by atoms with Crippen LogP contribution >= 0.6 is 11.8 Å². The Morgan fingerprint density at radius 3 is 2.65 bits per heavy atom. The van der Waals surface area contributed by atoms with Crippen molar-refractivity contribution in [3.05, 3.63) is 53.6 Å². The van der Waals surface area contributed by atoms with E-state index < -0.39 is 0 Å². The van der Waals surface area contributed by atoms with Crippen LogP contribution in [0.4, 0.5) is 5.69 Å². The van der Waals surface area contributed by atoms with Crippen LogP contribution in [-0.2, 0) is 0 Å². The molecular formula is C19H23NO2S. The van der Waals surface area contributed by atoms with Gasteiger partial charge >= 0.3 is 0 Å². The maximum Gasteiger partial charge on any atom is 0.259 e. The van der Waals surface area contributed by atoms with Gasteiger partial charge in [0, 0.05) is 10.6 Å². The Bertz CT molecular complexity index is 685.